The molecular formula is C17H12Cl2F3NO. The van der Waals surface area contributed by atoms with Crippen LogP contribution in [0, 0.1) is 11.3 Å². The Labute approximate surface area is 147 Å². The molecule has 2 nitrogen and oxygen atoms in total. The van der Waals surface area contributed by atoms with Crippen molar-refractivity contribution in [3.05, 3.63) is 63.1 Å². The zero-order chi connectivity index (χ0) is 17.7. The van der Waals surface area contributed by atoms with Crippen LogP contribution in [0.3, 0.4) is 0 Å². The van der Waals surface area contributed by atoms with Gasteiger partial charge in [0.15, 0.2) is 0 Å². The van der Waals surface area contributed by atoms with E-state index in [0.29, 0.717) is 22.9 Å². The monoisotopic (exact) mass is 373 g/mol. The third-order valence-electron chi connectivity index (χ3n) is 3.27. The molecule has 2 aromatic rings. The minimum atomic E-state index is -4.58. The highest BCUT2D eigenvalue weighted by atomic mass is 35.5. The average molecular weight is 374 g/mol. The summed E-state index contributed by atoms with van der Waals surface area (Å²) >= 11 is 11.7. The summed E-state index contributed by atoms with van der Waals surface area (Å²) in [5, 5.41) is 9.60. The van der Waals surface area contributed by atoms with Crippen LogP contribution in [-0.4, -0.2) is 6.61 Å². The fraction of sp³-hybridized carbons (Fsp3) is 0.235. The van der Waals surface area contributed by atoms with E-state index in [4.69, 9.17) is 33.2 Å². The number of rotatable bonds is 5. The second-order valence-electron chi connectivity index (χ2n) is 5.02. The molecule has 0 saturated heterocycles. The van der Waals surface area contributed by atoms with Crippen LogP contribution >= 0.6 is 23.2 Å². The molecular weight excluding hydrogens is 362 g/mol. The van der Waals surface area contributed by atoms with E-state index < -0.39 is 11.7 Å². The van der Waals surface area contributed by atoms with E-state index in [-0.39, 0.29) is 17.9 Å². The zero-order valence-corrected chi connectivity index (χ0v) is 13.8. The third kappa shape index (κ3) is 4.80. The molecule has 0 spiro atoms. The van der Waals surface area contributed by atoms with E-state index in [1.54, 1.807) is 24.3 Å². The van der Waals surface area contributed by atoms with E-state index in [0.717, 1.165) is 11.6 Å². The molecule has 0 heterocycles. The lowest BCUT2D eigenvalue weighted by Gasteiger charge is -2.14. The number of hydrogen-bond acceptors (Lipinski definition) is 2. The SMILES string of the molecule is N#Cc1ccc(OCCCc2ccc(Cl)c(Cl)c2)c(C(F)(F)F)c1. The summed E-state index contributed by atoms with van der Waals surface area (Å²) in [6.45, 7) is 0.106. The first-order valence-corrected chi connectivity index (χ1v) is 7.75. The van der Waals surface area contributed by atoms with Gasteiger partial charge in [0, 0.05) is 0 Å². The Kier molecular flexibility index (Phi) is 5.98. The van der Waals surface area contributed by atoms with Crippen LogP contribution in [0.15, 0.2) is 36.4 Å². The first-order valence-electron chi connectivity index (χ1n) is 6.99. The number of nitriles is 1. The third-order valence-corrected chi connectivity index (χ3v) is 4.00. The van der Waals surface area contributed by atoms with Crippen molar-refractivity contribution in [2.75, 3.05) is 6.61 Å². The summed E-state index contributed by atoms with van der Waals surface area (Å²) in [5.74, 6) is -0.282. The molecule has 0 radical (unpaired) electrons. The molecule has 0 aliphatic carbocycles. The Morgan fingerprint density at radius 1 is 1.04 bits per heavy atom. The summed E-state index contributed by atoms with van der Waals surface area (Å²) < 4.78 is 44.3. The molecule has 24 heavy (non-hydrogen) atoms. The lowest BCUT2D eigenvalue weighted by molar-refractivity contribution is -0.139. The van der Waals surface area contributed by atoms with Gasteiger partial charge in [-0.15, -0.1) is 0 Å². The molecule has 0 aliphatic heterocycles. The van der Waals surface area contributed by atoms with Crippen LogP contribution in [-0.2, 0) is 12.6 Å². The maximum Gasteiger partial charge on any atom is 0.420 e. The summed E-state index contributed by atoms with van der Waals surface area (Å²) in [5.41, 5.74) is -0.0922. The maximum absolute atomic E-state index is 13.0. The number of alkyl halides is 3. The standard InChI is InChI=1S/C17H12Cl2F3NO/c18-14-5-3-11(9-15(14)19)2-1-7-24-16-6-4-12(10-23)8-13(16)17(20,21)22/h3-6,8-9H,1-2,7H2. The minimum Gasteiger partial charge on any atom is -0.493 e. The Balaban J connectivity index is 1.99. The highest BCUT2D eigenvalue weighted by Crippen LogP contribution is 2.36. The largest absolute Gasteiger partial charge is 0.493 e. The summed E-state index contributed by atoms with van der Waals surface area (Å²) in [6, 6.07) is 10.1. The number of aryl methyl sites for hydroxylation is 1. The molecule has 0 atom stereocenters. The number of nitrogens with zero attached hydrogens (tertiary/aromatic N) is 1. The van der Waals surface area contributed by atoms with Crippen molar-refractivity contribution in [3.63, 3.8) is 0 Å². The molecule has 0 aliphatic rings. The Hall–Kier alpha value is -1.90. The van der Waals surface area contributed by atoms with Gasteiger partial charge in [-0.25, -0.2) is 0 Å². The van der Waals surface area contributed by atoms with Crippen molar-refractivity contribution in [2.24, 2.45) is 0 Å². The van der Waals surface area contributed by atoms with Gasteiger partial charge in [-0.2, -0.15) is 18.4 Å². The number of halogens is 5. The van der Waals surface area contributed by atoms with Crippen molar-refractivity contribution in [1.29, 1.82) is 5.26 Å². The van der Waals surface area contributed by atoms with E-state index >= 15 is 0 Å². The van der Waals surface area contributed by atoms with E-state index in [2.05, 4.69) is 0 Å². The molecule has 7 heteroatoms. The quantitative estimate of drug-likeness (QED) is 0.611. The molecule has 0 unspecified atom stereocenters. The topological polar surface area (TPSA) is 33.0 Å². The van der Waals surface area contributed by atoms with Gasteiger partial charge in [-0.05, 0) is 48.7 Å². The van der Waals surface area contributed by atoms with E-state index in [9.17, 15) is 13.2 Å². The van der Waals surface area contributed by atoms with Crippen LogP contribution < -0.4 is 4.74 Å². The van der Waals surface area contributed by atoms with Crippen molar-refractivity contribution in [2.45, 2.75) is 19.0 Å². The van der Waals surface area contributed by atoms with Gasteiger partial charge in [0.05, 0.1) is 33.8 Å². The minimum absolute atomic E-state index is 0.0644. The van der Waals surface area contributed by atoms with Gasteiger partial charge in [0.1, 0.15) is 5.75 Å². The van der Waals surface area contributed by atoms with Crippen LogP contribution in [0.4, 0.5) is 13.2 Å². The lowest BCUT2D eigenvalue weighted by Crippen LogP contribution is -2.10. The van der Waals surface area contributed by atoms with Gasteiger partial charge >= 0.3 is 6.18 Å². The van der Waals surface area contributed by atoms with Gasteiger partial charge in [0.2, 0.25) is 0 Å². The summed E-state index contributed by atoms with van der Waals surface area (Å²) in [4.78, 5) is 0. The molecule has 0 amide bonds. The van der Waals surface area contributed by atoms with Gasteiger partial charge < -0.3 is 4.74 Å². The van der Waals surface area contributed by atoms with E-state index in [1.165, 1.54) is 12.1 Å². The average Bonchev–Trinajstić information content (AvgIpc) is 2.54. The molecule has 0 aromatic heterocycles. The van der Waals surface area contributed by atoms with Gasteiger partial charge in [-0.1, -0.05) is 29.3 Å². The van der Waals surface area contributed by atoms with E-state index in [1.807, 2.05) is 0 Å². The van der Waals surface area contributed by atoms with Crippen LogP contribution in [0.25, 0.3) is 0 Å². The summed E-state index contributed by atoms with van der Waals surface area (Å²) in [6.07, 6.45) is -3.48. The highest BCUT2D eigenvalue weighted by Gasteiger charge is 2.34. The van der Waals surface area contributed by atoms with Crippen LogP contribution in [0.1, 0.15) is 23.1 Å². The maximum atomic E-state index is 13.0. The normalized spacial score (nSPS) is 11.2. The number of benzene rings is 2. The molecule has 0 saturated carbocycles. The number of hydrogen-bond donors (Lipinski definition) is 0. The molecule has 2 aromatic carbocycles. The highest BCUT2D eigenvalue weighted by molar-refractivity contribution is 6.42. The van der Waals surface area contributed by atoms with Gasteiger partial charge in [-0.3, -0.25) is 0 Å². The first kappa shape index (κ1) is 18.4. The fourth-order valence-corrected chi connectivity index (χ4v) is 2.42. The molecule has 126 valence electrons. The fourth-order valence-electron chi connectivity index (χ4n) is 2.10. The summed E-state index contributed by atoms with van der Waals surface area (Å²) in [7, 11) is 0. The Morgan fingerprint density at radius 3 is 2.42 bits per heavy atom. The van der Waals surface area contributed by atoms with Crippen molar-refractivity contribution >= 4 is 23.2 Å². The van der Waals surface area contributed by atoms with Crippen molar-refractivity contribution < 1.29 is 17.9 Å². The molecule has 0 bridgehead atoms. The first-order chi connectivity index (χ1) is 11.3. The van der Waals surface area contributed by atoms with Crippen LogP contribution in [0.2, 0.25) is 10.0 Å². The Bertz CT molecular complexity index is 769. The zero-order valence-electron chi connectivity index (χ0n) is 12.3. The molecule has 2 rings (SSSR count). The van der Waals surface area contributed by atoms with Crippen molar-refractivity contribution in [3.8, 4) is 11.8 Å². The molecule has 0 fully saturated rings. The predicted molar refractivity (Wildman–Crippen MR) is 86.4 cm³/mol. The molecule has 0 N–H and O–H groups in total. The second kappa shape index (κ2) is 7.78. The second-order valence-corrected chi connectivity index (χ2v) is 5.84. The van der Waals surface area contributed by atoms with Crippen molar-refractivity contribution in [1.82, 2.24) is 0 Å². The predicted octanol–water partition coefficient (Wildman–Crippen LogP) is 5.90. The number of ether oxygens (including phenoxy) is 1. The van der Waals surface area contributed by atoms with Crippen LogP contribution in [0.5, 0.6) is 5.75 Å². The smallest absolute Gasteiger partial charge is 0.420 e. The Morgan fingerprint density at radius 2 is 1.79 bits per heavy atom. The lowest BCUT2D eigenvalue weighted by atomic mass is 10.1. The van der Waals surface area contributed by atoms with Gasteiger partial charge in [0.25, 0.3) is 0 Å².